The van der Waals surface area contributed by atoms with Crippen molar-refractivity contribution in [2.75, 3.05) is 5.73 Å². The number of aromatic nitrogens is 5. The summed E-state index contributed by atoms with van der Waals surface area (Å²) in [5, 5.41) is 29.3. The van der Waals surface area contributed by atoms with E-state index < -0.39 is 5.91 Å². The minimum atomic E-state index is -0.654. The fourth-order valence-corrected chi connectivity index (χ4v) is 2.78. The Balaban J connectivity index is 1.70. The first-order valence-corrected chi connectivity index (χ1v) is 8.84. The number of phenols is 1. The molecule has 2 heterocycles. The highest BCUT2D eigenvalue weighted by atomic mass is 35.5. The number of nitrogens with zero attached hydrogens (tertiary/aromatic N) is 6. The monoisotopic (exact) mass is 424 g/mol. The van der Waals surface area contributed by atoms with Crippen LogP contribution in [0.4, 0.5) is 5.82 Å². The van der Waals surface area contributed by atoms with Crippen molar-refractivity contribution < 1.29 is 14.5 Å². The fourth-order valence-electron chi connectivity index (χ4n) is 2.60. The van der Waals surface area contributed by atoms with Crippen LogP contribution in [0.1, 0.15) is 16.1 Å². The molecule has 0 unspecified atom stereocenters. The van der Waals surface area contributed by atoms with Crippen LogP contribution in [0.2, 0.25) is 5.02 Å². The van der Waals surface area contributed by atoms with Crippen LogP contribution in [-0.4, -0.2) is 42.5 Å². The van der Waals surface area contributed by atoms with Crippen molar-refractivity contribution in [1.82, 2.24) is 30.7 Å². The van der Waals surface area contributed by atoms with Crippen LogP contribution >= 0.6 is 11.6 Å². The summed E-state index contributed by atoms with van der Waals surface area (Å²) >= 11 is 5.91. The minimum Gasteiger partial charge on any atom is -0.507 e. The Bertz CT molecular complexity index is 1240. The maximum absolute atomic E-state index is 12.9. The average Bonchev–Trinajstić information content (AvgIpc) is 3.37. The van der Waals surface area contributed by atoms with Crippen molar-refractivity contribution in [3.05, 3.63) is 64.8 Å². The van der Waals surface area contributed by atoms with Gasteiger partial charge in [-0.25, -0.2) is 10.1 Å². The van der Waals surface area contributed by atoms with Crippen molar-refractivity contribution in [2.45, 2.75) is 0 Å². The standard InChI is InChI=1S/C18H13ClN8O3/c19-12-6-7-13(28)11(8-12)9-21-23-18(29)15-14(10-4-2-1-3-5-10)22-26-27(15)17-16(20)24-30-25-17/h1-9,28H,(H2,20,24)(H,23,29)/b21-9-. The zero-order valence-electron chi connectivity index (χ0n) is 15.1. The van der Waals surface area contributed by atoms with Crippen LogP contribution in [0.25, 0.3) is 17.1 Å². The number of carbonyl (C=O) groups is 1. The molecule has 4 rings (SSSR count). The largest absolute Gasteiger partial charge is 0.507 e. The Kier molecular flexibility index (Phi) is 5.09. The number of carbonyl (C=O) groups excluding carboxylic acids is 1. The third-order valence-electron chi connectivity index (χ3n) is 3.99. The fraction of sp³-hybridized carbons (Fsp3) is 0. The predicted molar refractivity (Wildman–Crippen MR) is 107 cm³/mol. The molecule has 0 bridgehead atoms. The van der Waals surface area contributed by atoms with Gasteiger partial charge in [0.2, 0.25) is 11.6 Å². The summed E-state index contributed by atoms with van der Waals surface area (Å²) in [4.78, 5) is 12.9. The second-order valence-corrected chi connectivity index (χ2v) is 6.38. The molecule has 2 aromatic carbocycles. The molecular formula is C18H13ClN8O3. The van der Waals surface area contributed by atoms with E-state index in [0.29, 0.717) is 16.1 Å². The summed E-state index contributed by atoms with van der Waals surface area (Å²) < 4.78 is 5.70. The lowest BCUT2D eigenvalue weighted by molar-refractivity contribution is 0.0947. The highest BCUT2D eigenvalue weighted by molar-refractivity contribution is 6.30. The van der Waals surface area contributed by atoms with E-state index in [0.717, 1.165) is 4.68 Å². The molecule has 0 aliphatic rings. The molecule has 30 heavy (non-hydrogen) atoms. The number of nitrogen functional groups attached to an aromatic ring is 1. The number of nitrogens with one attached hydrogen (secondary N) is 1. The Morgan fingerprint density at radius 3 is 2.77 bits per heavy atom. The van der Waals surface area contributed by atoms with E-state index in [1.807, 2.05) is 6.07 Å². The maximum atomic E-state index is 12.9. The highest BCUT2D eigenvalue weighted by Gasteiger charge is 2.25. The molecule has 150 valence electrons. The van der Waals surface area contributed by atoms with Crippen molar-refractivity contribution in [1.29, 1.82) is 0 Å². The highest BCUT2D eigenvalue weighted by Crippen LogP contribution is 2.24. The summed E-state index contributed by atoms with van der Waals surface area (Å²) in [5.74, 6) is -0.762. The molecule has 0 fully saturated rings. The molecule has 0 saturated heterocycles. The van der Waals surface area contributed by atoms with Gasteiger partial charge in [0.15, 0.2) is 5.69 Å². The van der Waals surface area contributed by atoms with Crippen LogP contribution < -0.4 is 11.2 Å². The molecule has 0 radical (unpaired) electrons. The number of amides is 1. The average molecular weight is 425 g/mol. The molecular weight excluding hydrogens is 412 g/mol. The van der Waals surface area contributed by atoms with Gasteiger partial charge in [-0.3, -0.25) is 4.79 Å². The molecule has 0 spiro atoms. The number of aromatic hydroxyl groups is 1. The zero-order valence-corrected chi connectivity index (χ0v) is 15.9. The van der Waals surface area contributed by atoms with Gasteiger partial charge in [0.25, 0.3) is 5.91 Å². The lowest BCUT2D eigenvalue weighted by Crippen LogP contribution is -2.22. The van der Waals surface area contributed by atoms with Crippen molar-refractivity contribution in [2.24, 2.45) is 5.10 Å². The first-order chi connectivity index (χ1) is 14.5. The summed E-state index contributed by atoms with van der Waals surface area (Å²) in [6.07, 6.45) is 1.25. The lowest BCUT2D eigenvalue weighted by atomic mass is 10.1. The third kappa shape index (κ3) is 3.69. The van der Waals surface area contributed by atoms with Crippen LogP contribution in [0.15, 0.2) is 58.3 Å². The molecule has 0 aliphatic carbocycles. The van der Waals surface area contributed by atoms with Crippen molar-refractivity contribution in [3.8, 4) is 22.8 Å². The Labute approximate surface area is 173 Å². The molecule has 1 amide bonds. The van der Waals surface area contributed by atoms with E-state index in [2.05, 4.69) is 35.8 Å². The van der Waals surface area contributed by atoms with Gasteiger partial charge in [-0.1, -0.05) is 47.1 Å². The Hall–Kier alpha value is -4.25. The molecule has 2 aromatic heterocycles. The number of anilines is 1. The Morgan fingerprint density at radius 2 is 2.03 bits per heavy atom. The second-order valence-electron chi connectivity index (χ2n) is 5.94. The Morgan fingerprint density at radius 1 is 1.23 bits per heavy atom. The van der Waals surface area contributed by atoms with Gasteiger partial charge in [-0.15, -0.1) is 5.10 Å². The number of hydrogen-bond donors (Lipinski definition) is 3. The van der Waals surface area contributed by atoms with Crippen LogP contribution in [-0.2, 0) is 0 Å². The van der Waals surface area contributed by atoms with E-state index in [-0.39, 0.29) is 28.8 Å². The molecule has 0 saturated carbocycles. The summed E-state index contributed by atoms with van der Waals surface area (Å²) in [7, 11) is 0. The second kappa shape index (κ2) is 8.01. The predicted octanol–water partition coefficient (Wildman–Crippen LogP) is 2.02. The van der Waals surface area contributed by atoms with E-state index >= 15 is 0 Å². The molecule has 4 N–H and O–H groups in total. The number of nitrogens with two attached hydrogens (primary N) is 1. The zero-order chi connectivity index (χ0) is 21.1. The topological polar surface area (TPSA) is 157 Å². The summed E-state index contributed by atoms with van der Waals surface area (Å²) in [6.45, 7) is 0. The van der Waals surface area contributed by atoms with Gasteiger partial charge in [-0.2, -0.15) is 9.78 Å². The van der Waals surface area contributed by atoms with Crippen LogP contribution in [0.5, 0.6) is 5.75 Å². The minimum absolute atomic E-state index is 0.00583. The lowest BCUT2D eigenvalue weighted by Gasteiger charge is -2.05. The first kappa shape index (κ1) is 19.1. The van der Waals surface area contributed by atoms with Gasteiger partial charge < -0.3 is 10.8 Å². The van der Waals surface area contributed by atoms with Crippen LogP contribution in [0, 0.1) is 0 Å². The number of halogens is 1. The quantitative estimate of drug-likeness (QED) is 0.324. The normalized spacial score (nSPS) is 11.1. The SMILES string of the molecule is Nc1nonc1-n1nnc(-c2ccccc2)c1C(=O)N/N=C\c1cc(Cl)ccc1O. The van der Waals surface area contributed by atoms with Gasteiger partial charge in [0.05, 0.1) is 6.21 Å². The van der Waals surface area contributed by atoms with Crippen molar-refractivity contribution >= 4 is 29.5 Å². The third-order valence-corrected chi connectivity index (χ3v) is 4.22. The van der Waals surface area contributed by atoms with Gasteiger partial charge >= 0.3 is 0 Å². The summed E-state index contributed by atoms with van der Waals surface area (Å²) in [6, 6.07) is 13.4. The van der Waals surface area contributed by atoms with E-state index in [1.165, 1.54) is 24.4 Å². The molecule has 11 nitrogen and oxygen atoms in total. The van der Waals surface area contributed by atoms with E-state index in [9.17, 15) is 9.90 Å². The van der Waals surface area contributed by atoms with Gasteiger partial charge in [0.1, 0.15) is 11.4 Å². The number of phenolic OH excluding ortho intramolecular Hbond substituents is 1. The van der Waals surface area contributed by atoms with E-state index in [4.69, 9.17) is 17.3 Å². The number of hydrazone groups is 1. The smallest absolute Gasteiger partial charge is 0.292 e. The van der Waals surface area contributed by atoms with Gasteiger partial charge in [-0.05, 0) is 28.5 Å². The number of rotatable bonds is 5. The van der Waals surface area contributed by atoms with E-state index in [1.54, 1.807) is 24.3 Å². The van der Waals surface area contributed by atoms with Gasteiger partial charge in [0, 0.05) is 16.1 Å². The molecule has 12 heteroatoms. The first-order valence-electron chi connectivity index (χ1n) is 8.46. The number of benzene rings is 2. The maximum Gasteiger partial charge on any atom is 0.292 e. The molecule has 0 aliphatic heterocycles. The molecule has 4 aromatic rings. The van der Waals surface area contributed by atoms with Crippen LogP contribution in [0.3, 0.4) is 0 Å². The molecule has 0 atom stereocenters. The summed E-state index contributed by atoms with van der Waals surface area (Å²) in [5.41, 5.74) is 9.35. The van der Waals surface area contributed by atoms with Crippen molar-refractivity contribution in [3.63, 3.8) is 0 Å². The number of hydrogen-bond acceptors (Lipinski definition) is 9.